The van der Waals surface area contributed by atoms with Gasteiger partial charge in [-0.2, -0.15) is 10.2 Å². The number of hydrogen-bond donors (Lipinski definition) is 1. The van der Waals surface area contributed by atoms with Gasteiger partial charge in [-0.1, -0.05) is 0 Å². The van der Waals surface area contributed by atoms with Gasteiger partial charge in [-0.05, 0) is 13.0 Å². The lowest BCUT2D eigenvalue weighted by molar-refractivity contribution is -0.141. The van der Waals surface area contributed by atoms with Crippen LogP contribution in [0.15, 0.2) is 18.5 Å². The van der Waals surface area contributed by atoms with Crippen LogP contribution in [-0.4, -0.2) is 29.3 Å². The van der Waals surface area contributed by atoms with Crippen molar-refractivity contribution in [3.05, 3.63) is 18.5 Å². The molecular weight excluding hydrogens is 170 g/mol. The molecule has 1 aromatic rings. The van der Waals surface area contributed by atoms with Gasteiger partial charge in [0.05, 0.1) is 25.2 Å². The number of nitrogens with one attached hydrogen (secondary N) is 1. The Morgan fingerprint density at radius 1 is 1.62 bits per heavy atom. The standard InChI is InChI=1S/C8H11N3O2/c1-6(8(12)13-2)11-7-3-4-9-10-5-7/h3-6H,1-2H3,(H,9,11)/t6-/m0/s1. The second-order valence-corrected chi connectivity index (χ2v) is 2.52. The highest BCUT2D eigenvalue weighted by Crippen LogP contribution is 2.04. The van der Waals surface area contributed by atoms with Crippen LogP contribution in [0.2, 0.25) is 0 Å². The molecule has 0 bridgehead atoms. The number of aromatic nitrogens is 2. The van der Waals surface area contributed by atoms with Crippen molar-refractivity contribution in [1.29, 1.82) is 0 Å². The predicted octanol–water partition coefficient (Wildman–Crippen LogP) is 0.450. The highest BCUT2D eigenvalue weighted by molar-refractivity contribution is 5.78. The third kappa shape index (κ3) is 2.70. The third-order valence-corrected chi connectivity index (χ3v) is 1.52. The highest BCUT2D eigenvalue weighted by atomic mass is 16.5. The zero-order chi connectivity index (χ0) is 9.68. The molecule has 0 amide bonds. The summed E-state index contributed by atoms with van der Waals surface area (Å²) in [5.41, 5.74) is 0.743. The summed E-state index contributed by atoms with van der Waals surface area (Å²) in [6.45, 7) is 1.71. The number of ether oxygens (including phenoxy) is 1. The van der Waals surface area contributed by atoms with Gasteiger partial charge in [0.25, 0.3) is 0 Å². The summed E-state index contributed by atoms with van der Waals surface area (Å²) < 4.78 is 4.55. The summed E-state index contributed by atoms with van der Waals surface area (Å²) in [5, 5.41) is 10.2. The third-order valence-electron chi connectivity index (χ3n) is 1.52. The number of esters is 1. The monoisotopic (exact) mass is 181 g/mol. The number of carbonyl (C=O) groups excluding carboxylic acids is 1. The van der Waals surface area contributed by atoms with E-state index in [1.807, 2.05) is 0 Å². The molecule has 0 aliphatic heterocycles. The van der Waals surface area contributed by atoms with E-state index in [-0.39, 0.29) is 12.0 Å². The molecular formula is C8H11N3O2. The fraction of sp³-hybridized carbons (Fsp3) is 0.375. The second kappa shape index (κ2) is 4.39. The fourth-order valence-corrected chi connectivity index (χ4v) is 0.862. The van der Waals surface area contributed by atoms with Gasteiger partial charge in [0.2, 0.25) is 0 Å². The van der Waals surface area contributed by atoms with Gasteiger partial charge in [0, 0.05) is 0 Å². The predicted molar refractivity (Wildman–Crippen MR) is 47.1 cm³/mol. The van der Waals surface area contributed by atoms with Crippen molar-refractivity contribution >= 4 is 11.7 Å². The first kappa shape index (κ1) is 9.44. The summed E-state index contributed by atoms with van der Waals surface area (Å²) in [7, 11) is 1.35. The second-order valence-electron chi connectivity index (χ2n) is 2.52. The van der Waals surface area contributed by atoms with Crippen LogP contribution in [-0.2, 0) is 9.53 Å². The summed E-state index contributed by atoms with van der Waals surface area (Å²) in [5.74, 6) is -0.309. The van der Waals surface area contributed by atoms with Gasteiger partial charge >= 0.3 is 5.97 Å². The summed E-state index contributed by atoms with van der Waals surface area (Å²) >= 11 is 0. The minimum absolute atomic E-state index is 0.309. The smallest absolute Gasteiger partial charge is 0.327 e. The van der Waals surface area contributed by atoms with Crippen LogP contribution in [0.5, 0.6) is 0 Å². The lowest BCUT2D eigenvalue weighted by Gasteiger charge is -2.11. The number of methoxy groups -OCH3 is 1. The molecule has 0 spiro atoms. The summed E-state index contributed by atoms with van der Waals surface area (Å²) in [6.07, 6.45) is 3.09. The van der Waals surface area contributed by atoms with Crippen molar-refractivity contribution in [1.82, 2.24) is 10.2 Å². The number of nitrogens with zero attached hydrogens (tertiary/aromatic N) is 2. The van der Waals surface area contributed by atoms with Crippen molar-refractivity contribution in [3.8, 4) is 0 Å². The first-order valence-corrected chi connectivity index (χ1v) is 3.85. The minimum atomic E-state index is -0.380. The quantitative estimate of drug-likeness (QED) is 0.686. The Kier molecular flexibility index (Phi) is 3.19. The van der Waals surface area contributed by atoms with Gasteiger partial charge in [-0.15, -0.1) is 0 Å². The molecule has 5 nitrogen and oxygen atoms in total. The number of hydrogen-bond acceptors (Lipinski definition) is 5. The maximum Gasteiger partial charge on any atom is 0.327 e. The molecule has 0 aliphatic rings. The highest BCUT2D eigenvalue weighted by Gasteiger charge is 2.11. The van der Waals surface area contributed by atoms with Gasteiger partial charge in [-0.3, -0.25) is 0 Å². The van der Waals surface area contributed by atoms with Crippen LogP contribution >= 0.6 is 0 Å². The van der Waals surface area contributed by atoms with Gasteiger partial charge in [-0.25, -0.2) is 4.79 Å². The summed E-state index contributed by atoms with van der Waals surface area (Å²) in [4.78, 5) is 11.0. The molecule has 1 N–H and O–H groups in total. The molecule has 0 fully saturated rings. The SMILES string of the molecule is COC(=O)[C@H](C)Nc1ccnnc1. The van der Waals surface area contributed by atoms with E-state index < -0.39 is 0 Å². The molecule has 1 aromatic heterocycles. The van der Waals surface area contributed by atoms with Crippen LogP contribution < -0.4 is 5.32 Å². The van der Waals surface area contributed by atoms with E-state index in [1.54, 1.807) is 25.4 Å². The first-order valence-electron chi connectivity index (χ1n) is 3.85. The lowest BCUT2D eigenvalue weighted by Crippen LogP contribution is -2.27. The van der Waals surface area contributed by atoms with E-state index in [1.165, 1.54) is 7.11 Å². The lowest BCUT2D eigenvalue weighted by atomic mass is 10.3. The molecule has 0 aliphatic carbocycles. The molecule has 1 rings (SSSR count). The minimum Gasteiger partial charge on any atom is -0.467 e. The average Bonchev–Trinajstić information content (AvgIpc) is 2.18. The Balaban J connectivity index is 2.55. The van der Waals surface area contributed by atoms with E-state index in [2.05, 4.69) is 20.3 Å². The number of rotatable bonds is 3. The van der Waals surface area contributed by atoms with Crippen LogP contribution in [0.4, 0.5) is 5.69 Å². The van der Waals surface area contributed by atoms with Crippen molar-refractivity contribution in [2.24, 2.45) is 0 Å². The molecule has 0 saturated heterocycles. The molecule has 1 atom stereocenters. The van der Waals surface area contributed by atoms with Crippen molar-refractivity contribution in [3.63, 3.8) is 0 Å². The molecule has 0 aromatic carbocycles. The Bertz CT molecular complexity index is 276. The normalized spacial score (nSPS) is 11.8. The van der Waals surface area contributed by atoms with Crippen LogP contribution in [0.1, 0.15) is 6.92 Å². The van der Waals surface area contributed by atoms with Crippen molar-refractivity contribution < 1.29 is 9.53 Å². The molecule has 13 heavy (non-hydrogen) atoms. The van der Waals surface area contributed by atoms with Gasteiger partial charge < -0.3 is 10.1 Å². The molecule has 70 valence electrons. The van der Waals surface area contributed by atoms with Crippen LogP contribution in [0.25, 0.3) is 0 Å². The fourth-order valence-electron chi connectivity index (χ4n) is 0.862. The molecule has 5 heteroatoms. The maximum absolute atomic E-state index is 11.0. The van der Waals surface area contributed by atoms with Crippen LogP contribution in [0, 0.1) is 0 Å². The van der Waals surface area contributed by atoms with Gasteiger partial charge in [0.15, 0.2) is 0 Å². The van der Waals surface area contributed by atoms with Gasteiger partial charge in [0.1, 0.15) is 6.04 Å². The topological polar surface area (TPSA) is 64.1 Å². The van der Waals surface area contributed by atoms with E-state index in [0.717, 1.165) is 5.69 Å². The molecule has 0 unspecified atom stereocenters. The van der Waals surface area contributed by atoms with Crippen LogP contribution in [0.3, 0.4) is 0 Å². The Morgan fingerprint density at radius 2 is 2.38 bits per heavy atom. The van der Waals surface area contributed by atoms with E-state index >= 15 is 0 Å². The maximum atomic E-state index is 11.0. The molecule has 0 radical (unpaired) electrons. The Hall–Kier alpha value is -1.65. The number of anilines is 1. The molecule has 0 saturated carbocycles. The van der Waals surface area contributed by atoms with E-state index in [9.17, 15) is 4.79 Å². The zero-order valence-corrected chi connectivity index (χ0v) is 7.52. The first-order chi connectivity index (χ1) is 6.24. The zero-order valence-electron chi connectivity index (χ0n) is 7.52. The Labute approximate surface area is 76.1 Å². The van der Waals surface area contributed by atoms with Crippen molar-refractivity contribution in [2.75, 3.05) is 12.4 Å². The van der Waals surface area contributed by atoms with E-state index in [4.69, 9.17) is 0 Å². The average molecular weight is 181 g/mol. The largest absolute Gasteiger partial charge is 0.467 e. The number of carbonyl (C=O) groups is 1. The van der Waals surface area contributed by atoms with Crippen molar-refractivity contribution in [2.45, 2.75) is 13.0 Å². The van der Waals surface area contributed by atoms with E-state index in [0.29, 0.717) is 0 Å². The summed E-state index contributed by atoms with van der Waals surface area (Å²) in [6, 6.07) is 1.35. The Morgan fingerprint density at radius 3 is 2.92 bits per heavy atom. The molecule has 1 heterocycles.